The molecule has 17 heavy (non-hydrogen) atoms. The van der Waals surface area contributed by atoms with Crippen LogP contribution in [0.25, 0.3) is 5.69 Å². The lowest BCUT2D eigenvalue weighted by molar-refractivity contribution is 0.204. The van der Waals surface area contributed by atoms with Crippen molar-refractivity contribution in [3.63, 3.8) is 0 Å². The van der Waals surface area contributed by atoms with Crippen molar-refractivity contribution in [2.24, 2.45) is 0 Å². The van der Waals surface area contributed by atoms with Gasteiger partial charge in [-0.15, -0.1) is 5.10 Å². The Hall–Kier alpha value is -1.88. The molecule has 1 aromatic carbocycles. The number of para-hydroxylation sites is 1. The molecule has 1 aliphatic rings. The minimum absolute atomic E-state index is 0.196. The van der Waals surface area contributed by atoms with E-state index in [2.05, 4.69) is 15.4 Å². The third kappa shape index (κ3) is 2.29. The molecule has 0 saturated carbocycles. The van der Waals surface area contributed by atoms with Gasteiger partial charge in [-0.25, -0.2) is 4.68 Å². The van der Waals surface area contributed by atoms with Crippen LogP contribution < -0.4 is 10.1 Å². The molecule has 2 aromatic rings. The quantitative estimate of drug-likeness (QED) is 0.855. The SMILES string of the molecule is c1ccc(-n2cnc(OC3CCNC3)n2)cc1. The first-order chi connectivity index (χ1) is 8.42. The number of aromatic nitrogens is 3. The van der Waals surface area contributed by atoms with Gasteiger partial charge >= 0.3 is 6.01 Å². The molecule has 0 aliphatic carbocycles. The van der Waals surface area contributed by atoms with Gasteiger partial charge in [-0.05, 0) is 25.1 Å². The summed E-state index contributed by atoms with van der Waals surface area (Å²) in [6.07, 6.45) is 2.88. The summed E-state index contributed by atoms with van der Waals surface area (Å²) in [6, 6.07) is 10.3. The Balaban J connectivity index is 1.74. The molecule has 1 N–H and O–H groups in total. The van der Waals surface area contributed by atoms with Crippen molar-refractivity contribution >= 4 is 0 Å². The van der Waals surface area contributed by atoms with Gasteiger partial charge in [-0.3, -0.25) is 0 Å². The highest BCUT2D eigenvalue weighted by atomic mass is 16.5. The fourth-order valence-corrected chi connectivity index (χ4v) is 1.88. The zero-order valence-corrected chi connectivity index (χ0v) is 9.41. The Morgan fingerprint density at radius 1 is 1.29 bits per heavy atom. The van der Waals surface area contributed by atoms with Crippen LogP contribution in [-0.2, 0) is 0 Å². The number of nitrogens with zero attached hydrogens (tertiary/aromatic N) is 3. The average molecular weight is 230 g/mol. The monoisotopic (exact) mass is 230 g/mol. The van der Waals surface area contributed by atoms with Crippen LogP contribution in [0.2, 0.25) is 0 Å². The Kier molecular flexibility index (Phi) is 2.75. The van der Waals surface area contributed by atoms with E-state index < -0.39 is 0 Å². The predicted octanol–water partition coefficient (Wildman–Crippen LogP) is 1.01. The zero-order valence-electron chi connectivity index (χ0n) is 9.41. The molecule has 0 bridgehead atoms. The molecule has 0 radical (unpaired) electrons. The van der Waals surface area contributed by atoms with Crippen LogP contribution in [-0.4, -0.2) is 34.0 Å². The van der Waals surface area contributed by atoms with Crippen molar-refractivity contribution in [3.05, 3.63) is 36.7 Å². The largest absolute Gasteiger partial charge is 0.458 e. The third-order valence-electron chi connectivity index (χ3n) is 2.78. The molecule has 0 spiro atoms. The van der Waals surface area contributed by atoms with E-state index in [9.17, 15) is 0 Å². The topological polar surface area (TPSA) is 52.0 Å². The van der Waals surface area contributed by atoms with E-state index in [1.54, 1.807) is 11.0 Å². The van der Waals surface area contributed by atoms with Gasteiger partial charge < -0.3 is 10.1 Å². The Morgan fingerprint density at radius 3 is 2.94 bits per heavy atom. The Morgan fingerprint density at radius 2 is 2.18 bits per heavy atom. The number of hydrogen-bond donors (Lipinski definition) is 1. The molecule has 88 valence electrons. The van der Waals surface area contributed by atoms with E-state index in [1.807, 2.05) is 30.3 Å². The molecule has 0 amide bonds. The minimum Gasteiger partial charge on any atom is -0.458 e. The summed E-state index contributed by atoms with van der Waals surface area (Å²) >= 11 is 0. The molecule has 1 aliphatic heterocycles. The summed E-state index contributed by atoms with van der Waals surface area (Å²) < 4.78 is 7.39. The lowest BCUT2D eigenvalue weighted by atomic mass is 10.3. The van der Waals surface area contributed by atoms with E-state index in [0.717, 1.165) is 25.2 Å². The van der Waals surface area contributed by atoms with E-state index in [0.29, 0.717) is 6.01 Å². The van der Waals surface area contributed by atoms with Gasteiger partial charge in [0.15, 0.2) is 0 Å². The molecule has 1 aromatic heterocycles. The number of nitrogens with one attached hydrogen (secondary N) is 1. The summed E-state index contributed by atoms with van der Waals surface area (Å²) in [6.45, 7) is 1.88. The summed E-state index contributed by atoms with van der Waals surface area (Å²) in [5.74, 6) is 0. The van der Waals surface area contributed by atoms with Crippen LogP contribution in [0, 0.1) is 0 Å². The predicted molar refractivity (Wildman–Crippen MR) is 63.3 cm³/mol. The second-order valence-corrected chi connectivity index (χ2v) is 4.04. The Bertz CT molecular complexity index is 476. The van der Waals surface area contributed by atoms with E-state index >= 15 is 0 Å². The van der Waals surface area contributed by atoms with Crippen LogP contribution in [0.5, 0.6) is 6.01 Å². The number of ether oxygens (including phenoxy) is 1. The maximum Gasteiger partial charge on any atom is 0.336 e. The van der Waals surface area contributed by atoms with Gasteiger partial charge in [-0.2, -0.15) is 4.98 Å². The van der Waals surface area contributed by atoms with Gasteiger partial charge in [0.2, 0.25) is 0 Å². The number of hydrogen-bond acceptors (Lipinski definition) is 4. The highest BCUT2D eigenvalue weighted by Gasteiger charge is 2.17. The highest BCUT2D eigenvalue weighted by Crippen LogP contribution is 2.11. The smallest absolute Gasteiger partial charge is 0.336 e. The maximum absolute atomic E-state index is 5.67. The van der Waals surface area contributed by atoms with Crippen LogP contribution in [0.15, 0.2) is 36.7 Å². The first-order valence-corrected chi connectivity index (χ1v) is 5.76. The second-order valence-electron chi connectivity index (χ2n) is 4.04. The van der Waals surface area contributed by atoms with Crippen molar-refractivity contribution in [3.8, 4) is 11.7 Å². The molecule has 1 fully saturated rings. The third-order valence-corrected chi connectivity index (χ3v) is 2.78. The van der Waals surface area contributed by atoms with Crippen LogP contribution in [0.3, 0.4) is 0 Å². The van der Waals surface area contributed by atoms with Crippen LogP contribution in [0.4, 0.5) is 0 Å². The molecule has 1 saturated heterocycles. The van der Waals surface area contributed by atoms with Crippen LogP contribution >= 0.6 is 0 Å². The summed E-state index contributed by atoms with van der Waals surface area (Å²) in [7, 11) is 0. The molecule has 1 unspecified atom stereocenters. The van der Waals surface area contributed by atoms with E-state index in [-0.39, 0.29) is 6.10 Å². The van der Waals surface area contributed by atoms with E-state index in [4.69, 9.17) is 4.74 Å². The zero-order chi connectivity index (χ0) is 11.5. The fourth-order valence-electron chi connectivity index (χ4n) is 1.88. The fraction of sp³-hybridized carbons (Fsp3) is 0.333. The summed E-state index contributed by atoms with van der Waals surface area (Å²) in [5.41, 5.74) is 0.986. The summed E-state index contributed by atoms with van der Waals surface area (Å²) in [5, 5.41) is 7.54. The van der Waals surface area contributed by atoms with Gasteiger partial charge in [0, 0.05) is 6.54 Å². The first-order valence-electron chi connectivity index (χ1n) is 5.76. The minimum atomic E-state index is 0.196. The van der Waals surface area contributed by atoms with Gasteiger partial charge in [0.1, 0.15) is 12.4 Å². The van der Waals surface area contributed by atoms with Crippen LogP contribution in [0.1, 0.15) is 6.42 Å². The molecule has 5 nitrogen and oxygen atoms in total. The average Bonchev–Trinajstić information content (AvgIpc) is 3.02. The van der Waals surface area contributed by atoms with Crippen molar-refractivity contribution in [1.29, 1.82) is 0 Å². The second kappa shape index (κ2) is 4.55. The maximum atomic E-state index is 5.67. The lowest BCUT2D eigenvalue weighted by Gasteiger charge is -2.07. The molecular formula is C12H14N4O. The highest BCUT2D eigenvalue weighted by molar-refractivity contribution is 5.29. The van der Waals surface area contributed by atoms with Gasteiger partial charge in [0.05, 0.1) is 5.69 Å². The Labute approximate surface area is 99.4 Å². The molecular weight excluding hydrogens is 216 g/mol. The van der Waals surface area contributed by atoms with Crippen molar-refractivity contribution in [1.82, 2.24) is 20.1 Å². The standard InChI is InChI=1S/C12H14N4O/c1-2-4-10(5-3-1)16-9-14-12(15-16)17-11-6-7-13-8-11/h1-5,9,11,13H,6-8H2. The molecule has 1 atom stereocenters. The molecule has 5 heteroatoms. The van der Waals surface area contributed by atoms with Gasteiger partial charge in [-0.1, -0.05) is 18.2 Å². The molecule has 2 heterocycles. The first kappa shape index (κ1) is 10.3. The van der Waals surface area contributed by atoms with Crippen molar-refractivity contribution in [2.45, 2.75) is 12.5 Å². The normalized spacial score (nSPS) is 19.4. The summed E-state index contributed by atoms with van der Waals surface area (Å²) in [4.78, 5) is 4.16. The van der Waals surface area contributed by atoms with Crippen molar-refractivity contribution in [2.75, 3.05) is 13.1 Å². The number of benzene rings is 1. The van der Waals surface area contributed by atoms with Crippen molar-refractivity contribution < 1.29 is 4.74 Å². The molecule has 3 rings (SSSR count). The lowest BCUT2D eigenvalue weighted by Crippen LogP contribution is -2.20. The van der Waals surface area contributed by atoms with E-state index in [1.165, 1.54) is 0 Å². The van der Waals surface area contributed by atoms with Gasteiger partial charge in [0.25, 0.3) is 0 Å². The number of rotatable bonds is 3.